The zero-order valence-electron chi connectivity index (χ0n) is 14.5. The van der Waals surface area contributed by atoms with E-state index >= 15 is 0 Å². The second kappa shape index (κ2) is 7.67. The molecule has 1 atom stereocenters. The van der Waals surface area contributed by atoms with Gasteiger partial charge >= 0.3 is 0 Å². The summed E-state index contributed by atoms with van der Waals surface area (Å²) in [6, 6.07) is 13.5. The van der Waals surface area contributed by atoms with Crippen LogP contribution in [-0.4, -0.2) is 29.8 Å². The lowest BCUT2D eigenvalue weighted by atomic mass is 10.1. The molecular formula is C18H20N4O3S. The number of ether oxygens (including phenoxy) is 1. The van der Waals surface area contributed by atoms with Crippen LogP contribution in [0.2, 0.25) is 0 Å². The molecular weight excluding hydrogens is 352 g/mol. The standard InChI is InChI=1S/C18H20N4O3S/c1-3-25-17-8-10-18(11-9-17)26(23,24)21-14(2)15-4-6-16(7-5-15)22-13-19-12-20-22/h4-14,21H,3H2,1-2H3/t14-/m0/s1. The molecule has 1 N–H and O–H groups in total. The van der Waals surface area contributed by atoms with Crippen LogP contribution in [0.3, 0.4) is 0 Å². The van der Waals surface area contributed by atoms with Crippen molar-refractivity contribution in [1.29, 1.82) is 0 Å². The van der Waals surface area contributed by atoms with Crippen LogP contribution in [0.25, 0.3) is 5.69 Å². The Kier molecular flexibility index (Phi) is 5.34. The van der Waals surface area contributed by atoms with Gasteiger partial charge in [0.1, 0.15) is 18.4 Å². The van der Waals surface area contributed by atoms with Gasteiger partial charge in [-0.15, -0.1) is 0 Å². The summed E-state index contributed by atoms with van der Waals surface area (Å²) < 4.78 is 34.8. The smallest absolute Gasteiger partial charge is 0.241 e. The van der Waals surface area contributed by atoms with Crippen molar-refractivity contribution >= 4 is 10.0 Å². The molecule has 0 aliphatic heterocycles. The van der Waals surface area contributed by atoms with Gasteiger partial charge in [-0.25, -0.2) is 22.8 Å². The second-order valence-electron chi connectivity index (χ2n) is 5.68. The predicted octanol–water partition coefficient (Wildman–Crippen LogP) is 2.71. The third kappa shape index (κ3) is 4.09. The summed E-state index contributed by atoms with van der Waals surface area (Å²) in [5, 5.41) is 4.06. The normalized spacial score (nSPS) is 12.7. The van der Waals surface area contributed by atoms with Crippen LogP contribution in [0.1, 0.15) is 25.5 Å². The molecule has 0 aliphatic rings. The highest BCUT2D eigenvalue weighted by molar-refractivity contribution is 7.89. The minimum Gasteiger partial charge on any atom is -0.494 e. The van der Waals surface area contributed by atoms with Crippen LogP contribution in [-0.2, 0) is 10.0 Å². The van der Waals surface area contributed by atoms with E-state index in [2.05, 4.69) is 14.8 Å². The van der Waals surface area contributed by atoms with Crippen molar-refractivity contribution in [2.75, 3.05) is 6.61 Å². The lowest BCUT2D eigenvalue weighted by molar-refractivity contribution is 0.340. The molecule has 0 saturated heterocycles. The second-order valence-corrected chi connectivity index (χ2v) is 7.39. The molecule has 0 unspecified atom stereocenters. The van der Waals surface area contributed by atoms with E-state index in [1.165, 1.54) is 18.5 Å². The lowest BCUT2D eigenvalue weighted by Crippen LogP contribution is -2.26. The monoisotopic (exact) mass is 372 g/mol. The van der Waals surface area contributed by atoms with Crippen molar-refractivity contribution in [3.8, 4) is 11.4 Å². The highest BCUT2D eigenvalue weighted by Crippen LogP contribution is 2.20. The average Bonchev–Trinajstić information content (AvgIpc) is 3.17. The van der Waals surface area contributed by atoms with Gasteiger partial charge in [-0.1, -0.05) is 12.1 Å². The Bertz CT molecular complexity index is 937. The molecule has 7 nitrogen and oxygen atoms in total. The molecule has 3 aromatic rings. The van der Waals surface area contributed by atoms with Crippen molar-refractivity contribution in [1.82, 2.24) is 19.5 Å². The van der Waals surface area contributed by atoms with Crippen LogP contribution in [0.5, 0.6) is 5.75 Å². The van der Waals surface area contributed by atoms with Gasteiger partial charge in [-0.2, -0.15) is 5.10 Å². The van der Waals surface area contributed by atoms with Crippen LogP contribution in [0, 0.1) is 0 Å². The highest BCUT2D eigenvalue weighted by atomic mass is 32.2. The number of sulfonamides is 1. The summed E-state index contributed by atoms with van der Waals surface area (Å²) in [5.74, 6) is 0.642. The molecule has 0 fully saturated rings. The summed E-state index contributed by atoms with van der Waals surface area (Å²) in [7, 11) is -3.63. The first-order valence-electron chi connectivity index (χ1n) is 8.20. The van der Waals surface area contributed by atoms with Crippen molar-refractivity contribution in [2.45, 2.75) is 24.8 Å². The Balaban J connectivity index is 1.72. The van der Waals surface area contributed by atoms with Gasteiger partial charge in [0, 0.05) is 6.04 Å². The van der Waals surface area contributed by atoms with Gasteiger partial charge in [0.2, 0.25) is 10.0 Å². The summed E-state index contributed by atoms with van der Waals surface area (Å²) in [6.07, 6.45) is 3.06. The Morgan fingerprint density at radius 3 is 2.38 bits per heavy atom. The van der Waals surface area contributed by atoms with Gasteiger partial charge in [-0.05, 0) is 55.8 Å². The Morgan fingerprint density at radius 2 is 1.81 bits per heavy atom. The molecule has 26 heavy (non-hydrogen) atoms. The predicted molar refractivity (Wildman–Crippen MR) is 97.7 cm³/mol. The summed E-state index contributed by atoms with van der Waals surface area (Å²) >= 11 is 0. The van der Waals surface area contributed by atoms with E-state index in [4.69, 9.17) is 4.74 Å². The number of hydrogen-bond donors (Lipinski definition) is 1. The third-order valence-electron chi connectivity index (χ3n) is 3.85. The van der Waals surface area contributed by atoms with Gasteiger partial charge in [0.25, 0.3) is 0 Å². The molecule has 2 aromatic carbocycles. The molecule has 3 rings (SSSR count). The molecule has 0 spiro atoms. The van der Waals surface area contributed by atoms with E-state index < -0.39 is 10.0 Å². The van der Waals surface area contributed by atoms with Crippen molar-refractivity contribution in [3.05, 3.63) is 66.7 Å². The van der Waals surface area contributed by atoms with Crippen LogP contribution >= 0.6 is 0 Å². The largest absolute Gasteiger partial charge is 0.494 e. The van der Waals surface area contributed by atoms with Gasteiger partial charge < -0.3 is 4.74 Å². The highest BCUT2D eigenvalue weighted by Gasteiger charge is 2.18. The fraction of sp³-hybridized carbons (Fsp3) is 0.222. The Labute approximate surface area is 152 Å². The van der Waals surface area contributed by atoms with Crippen LogP contribution in [0.4, 0.5) is 0 Å². The molecule has 1 heterocycles. The fourth-order valence-corrected chi connectivity index (χ4v) is 3.74. The number of nitrogens with one attached hydrogen (secondary N) is 1. The topological polar surface area (TPSA) is 86.1 Å². The zero-order chi connectivity index (χ0) is 18.6. The zero-order valence-corrected chi connectivity index (χ0v) is 15.3. The molecule has 0 aliphatic carbocycles. The van der Waals surface area contributed by atoms with Crippen molar-refractivity contribution in [2.24, 2.45) is 0 Å². The summed E-state index contributed by atoms with van der Waals surface area (Å²) in [5.41, 5.74) is 1.70. The quantitative estimate of drug-likeness (QED) is 0.689. The molecule has 136 valence electrons. The molecule has 0 saturated carbocycles. The maximum absolute atomic E-state index is 12.6. The maximum Gasteiger partial charge on any atom is 0.241 e. The van der Waals surface area contributed by atoms with Gasteiger partial charge in [0.05, 0.1) is 17.2 Å². The SMILES string of the molecule is CCOc1ccc(S(=O)(=O)N[C@@H](C)c2ccc(-n3cncn3)cc2)cc1. The van der Waals surface area contributed by atoms with Crippen molar-refractivity contribution in [3.63, 3.8) is 0 Å². The van der Waals surface area contributed by atoms with E-state index in [0.717, 1.165) is 11.3 Å². The van der Waals surface area contributed by atoms with Crippen LogP contribution in [0.15, 0.2) is 66.1 Å². The van der Waals surface area contributed by atoms with Gasteiger partial charge in [-0.3, -0.25) is 0 Å². The molecule has 0 bridgehead atoms. The van der Waals surface area contributed by atoms with E-state index in [1.807, 2.05) is 31.2 Å². The van der Waals surface area contributed by atoms with Gasteiger partial charge in [0.15, 0.2) is 0 Å². The van der Waals surface area contributed by atoms with Crippen molar-refractivity contribution < 1.29 is 13.2 Å². The molecule has 0 amide bonds. The summed E-state index contributed by atoms with van der Waals surface area (Å²) in [4.78, 5) is 4.11. The molecule has 8 heteroatoms. The molecule has 1 aromatic heterocycles. The Morgan fingerprint density at radius 1 is 1.12 bits per heavy atom. The molecule has 0 radical (unpaired) electrons. The first kappa shape index (κ1) is 18.1. The fourth-order valence-electron chi connectivity index (χ4n) is 2.51. The minimum absolute atomic E-state index is 0.201. The first-order chi connectivity index (χ1) is 12.5. The average molecular weight is 372 g/mol. The minimum atomic E-state index is -3.63. The Hall–Kier alpha value is -2.71. The maximum atomic E-state index is 12.6. The number of hydrogen-bond acceptors (Lipinski definition) is 5. The van der Waals surface area contributed by atoms with E-state index in [0.29, 0.717) is 12.4 Å². The number of aromatic nitrogens is 3. The number of nitrogens with zero attached hydrogens (tertiary/aromatic N) is 3. The van der Waals surface area contributed by atoms with E-state index in [9.17, 15) is 8.42 Å². The summed E-state index contributed by atoms with van der Waals surface area (Å²) in [6.45, 7) is 4.21. The first-order valence-corrected chi connectivity index (χ1v) is 9.68. The lowest BCUT2D eigenvalue weighted by Gasteiger charge is -2.15. The number of rotatable bonds is 7. The third-order valence-corrected chi connectivity index (χ3v) is 5.41. The number of benzene rings is 2. The van der Waals surface area contributed by atoms with Crippen LogP contribution < -0.4 is 9.46 Å². The van der Waals surface area contributed by atoms with E-state index in [-0.39, 0.29) is 10.9 Å². The van der Waals surface area contributed by atoms with E-state index in [1.54, 1.807) is 30.1 Å².